The highest BCUT2D eigenvalue weighted by molar-refractivity contribution is 8.18. The lowest BCUT2D eigenvalue weighted by atomic mass is 10.2. The summed E-state index contributed by atoms with van der Waals surface area (Å²) in [7, 11) is 1.32. The lowest BCUT2D eigenvalue weighted by Crippen LogP contribution is -2.19. The minimum absolute atomic E-state index is 0.0756. The lowest BCUT2D eigenvalue weighted by Gasteiger charge is -2.05. The van der Waals surface area contributed by atoms with Crippen LogP contribution < -0.4 is 10.1 Å². The summed E-state index contributed by atoms with van der Waals surface area (Å²) in [4.78, 5) is 28.6. The fraction of sp³-hybridized carbons (Fsp3) is 0.100. The third-order valence-corrected chi connectivity index (χ3v) is 4.58. The van der Waals surface area contributed by atoms with Crippen molar-refractivity contribution in [1.82, 2.24) is 5.32 Å². The topological polar surface area (TPSA) is 101 Å². The summed E-state index contributed by atoms with van der Waals surface area (Å²) in [5, 5.41) is 11.8. The number of esters is 1. The Hall–Kier alpha value is -3.57. The number of hydrogen-bond acceptors (Lipinski definition) is 7. The van der Waals surface area contributed by atoms with Crippen LogP contribution >= 0.6 is 11.8 Å². The Kier molecular flexibility index (Phi) is 6.09. The van der Waals surface area contributed by atoms with Gasteiger partial charge in [0.15, 0.2) is 11.8 Å². The number of ether oxygens (including phenoxy) is 2. The maximum absolute atomic E-state index is 12.3. The molecular weight excluding hydrogens is 378 g/mol. The van der Waals surface area contributed by atoms with Crippen molar-refractivity contribution < 1.29 is 19.1 Å². The number of amidine groups is 1. The Bertz CT molecular complexity index is 1010. The number of para-hydroxylation sites is 1. The van der Waals surface area contributed by atoms with E-state index >= 15 is 0 Å². The molecule has 8 heteroatoms. The number of benzene rings is 2. The number of aliphatic imine (C=N–C) groups is 1. The van der Waals surface area contributed by atoms with Crippen molar-refractivity contribution in [2.45, 2.75) is 0 Å². The van der Waals surface area contributed by atoms with Crippen molar-refractivity contribution in [3.63, 3.8) is 0 Å². The Morgan fingerprint density at radius 1 is 1.25 bits per heavy atom. The Labute approximate surface area is 165 Å². The van der Waals surface area contributed by atoms with E-state index in [1.165, 1.54) is 18.9 Å². The van der Waals surface area contributed by atoms with E-state index in [9.17, 15) is 9.59 Å². The smallest absolute Gasteiger partial charge is 0.337 e. The molecule has 0 bridgehead atoms. The van der Waals surface area contributed by atoms with Crippen LogP contribution in [0.25, 0.3) is 6.08 Å². The quantitative estimate of drug-likeness (QED) is 0.618. The van der Waals surface area contributed by atoms with Crippen molar-refractivity contribution in [3.05, 3.63) is 64.6 Å². The molecule has 1 fully saturated rings. The highest BCUT2D eigenvalue weighted by atomic mass is 32.2. The first-order valence-electron chi connectivity index (χ1n) is 8.17. The van der Waals surface area contributed by atoms with Gasteiger partial charge >= 0.3 is 5.97 Å². The van der Waals surface area contributed by atoms with E-state index in [2.05, 4.69) is 15.0 Å². The molecule has 1 saturated heterocycles. The number of nitrogens with zero attached hydrogens (tertiary/aromatic N) is 2. The van der Waals surface area contributed by atoms with Gasteiger partial charge in [0, 0.05) is 5.56 Å². The summed E-state index contributed by atoms with van der Waals surface area (Å²) in [6.07, 6.45) is 1.69. The molecular formula is C20H15N3O4S. The highest BCUT2D eigenvalue weighted by Gasteiger charge is 2.24. The fourth-order valence-corrected chi connectivity index (χ4v) is 3.20. The van der Waals surface area contributed by atoms with Crippen LogP contribution in [-0.4, -0.2) is 30.8 Å². The molecule has 1 amide bonds. The molecule has 1 N–H and O–H groups in total. The summed E-state index contributed by atoms with van der Waals surface area (Å²) in [5.41, 5.74) is 1.71. The number of rotatable bonds is 5. The minimum atomic E-state index is -0.426. The number of nitrogens with one attached hydrogen (secondary N) is 1. The van der Waals surface area contributed by atoms with E-state index < -0.39 is 5.97 Å². The number of hydrogen-bond donors (Lipinski definition) is 1. The van der Waals surface area contributed by atoms with Crippen molar-refractivity contribution in [2.75, 3.05) is 13.7 Å². The second-order valence-corrected chi connectivity index (χ2v) is 6.54. The Morgan fingerprint density at radius 3 is 2.71 bits per heavy atom. The van der Waals surface area contributed by atoms with Crippen molar-refractivity contribution in [1.29, 1.82) is 5.26 Å². The van der Waals surface area contributed by atoms with Gasteiger partial charge in [0.05, 0.1) is 23.3 Å². The van der Waals surface area contributed by atoms with E-state index in [0.717, 1.165) is 0 Å². The van der Waals surface area contributed by atoms with Gasteiger partial charge in [-0.3, -0.25) is 4.79 Å². The lowest BCUT2D eigenvalue weighted by molar-refractivity contribution is -0.115. The van der Waals surface area contributed by atoms with Gasteiger partial charge in [0.2, 0.25) is 0 Å². The summed E-state index contributed by atoms with van der Waals surface area (Å²) < 4.78 is 10.0. The van der Waals surface area contributed by atoms with Crippen LogP contribution in [0.15, 0.2) is 58.4 Å². The van der Waals surface area contributed by atoms with E-state index in [1.54, 1.807) is 48.5 Å². The number of amides is 1. The molecule has 0 unspecified atom stereocenters. The minimum Gasteiger partial charge on any atom is -0.478 e. The zero-order chi connectivity index (χ0) is 19.9. The standard InChI is InChI=1S/C20H15N3O4S/c1-26-19(25)13-6-8-15(9-7-13)22-20-23-18(24)17(28-20)12-14-4-2-3-5-16(14)27-11-10-21/h2-9,12H,11H2,1H3,(H,22,23,24)/b17-12-. The van der Waals surface area contributed by atoms with Gasteiger partial charge < -0.3 is 14.8 Å². The van der Waals surface area contributed by atoms with Crippen LogP contribution in [0.4, 0.5) is 5.69 Å². The van der Waals surface area contributed by atoms with Gasteiger partial charge in [-0.1, -0.05) is 18.2 Å². The van der Waals surface area contributed by atoms with Crippen LogP contribution in [0.5, 0.6) is 5.75 Å². The number of methoxy groups -OCH3 is 1. The molecule has 1 aliphatic heterocycles. The van der Waals surface area contributed by atoms with Gasteiger partial charge in [-0.2, -0.15) is 5.26 Å². The molecule has 140 valence electrons. The molecule has 28 heavy (non-hydrogen) atoms. The predicted octanol–water partition coefficient (Wildman–Crippen LogP) is 3.27. The molecule has 0 radical (unpaired) electrons. The average molecular weight is 393 g/mol. The van der Waals surface area contributed by atoms with E-state index in [4.69, 9.17) is 10.00 Å². The third kappa shape index (κ3) is 4.58. The molecule has 7 nitrogen and oxygen atoms in total. The van der Waals surface area contributed by atoms with Crippen LogP contribution in [-0.2, 0) is 9.53 Å². The molecule has 2 aromatic carbocycles. The maximum Gasteiger partial charge on any atom is 0.337 e. The molecule has 0 aromatic heterocycles. The molecule has 0 aliphatic carbocycles. The molecule has 2 aromatic rings. The second-order valence-electron chi connectivity index (χ2n) is 5.50. The first kappa shape index (κ1) is 19.2. The monoisotopic (exact) mass is 393 g/mol. The first-order chi connectivity index (χ1) is 13.6. The number of carbonyl (C=O) groups is 2. The van der Waals surface area contributed by atoms with Crippen LogP contribution in [0, 0.1) is 11.3 Å². The average Bonchev–Trinajstić information content (AvgIpc) is 3.06. The van der Waals surface area contributed by atoms with Crippen LogP contribution in [0.3, 0.4) is 0 Å². The van der Waals surface area contributed by atoms with Gasteiger partial charge in [-0.25, -0.2) is 9.79 Å². The molecule has 0 saturated carbocycles. The van der Waals surface area contributed by atoms with E-state index in [-0.39, 0.29) is 12.5 Å². The Morgan fingerprint density at radius 2 is 2.00 bits per heavy atom. The molecule has 0 spiro atoms. The fourth-order valence-electron chi connectivity index (χ4n) is 2.37. The van der Waals surface area contributed by atoms with Gasteiger partial charge in [0.25, 0.3) is 5.91 Å². The summed E-state index contributed by atoms with van der Waals surface area (Å²) in [6.45, 7) is -0.0756. The normalized spacial score (nSPS) is 15.9. The van der Waals surface area contributed by atoms with E-state index in [1.807, 2.05) is 12.1 Å². The zero-order valence-electron chi connectivity index (χ0n) is 14.8. The molecule has 3 rings (SSSR count). The summed E-state index contributed by atoms with van der Waals surface area (Å²) in [5.74, 6) is -0.177. The van der Waals surface area contributed by atoms with Crippen LogP contribution in [0.2, 0.25) is 0 Å². The summed E-state index contributed by atoms with van der Waals surface area (Å²) >= 11 is 1.19. The molecule has 1 aliphatic rings. The predicted molar refractivity (Wildman–Crippen MR) is 106 cm³/mol. The largest absolute Gasteiger partial charge is 0.478 e. The van der Waals surface area contributed by atoms with Gasteiger partial charge in [-0.05, 0) is 48.2 Å². The Balaban J connectivity index is 1.78. The zero-order valence-corrected chi connectivity index (χ0v) is 15.7. The number of nitriles is 1. The van der Waals surface area contributed by atoms with Crippen molar-refractivity contribution >= 4 is 40.6 Å². The third-order valence-electron chi connectivity index (χ3n) is 3.67. The van der Waals surface area contributed by atoms with Gasteiger partial charge in [-0.15, -0.1) is 0 Å². The number of carbonyl (C=O) groups excluding carboxylic acids is 2. The van der Waals surface area contributed by atoms with Crippen LogP contribution in [0.1, 0.15) is 15.9 Å². The maximum atomic E-state index is 12.3. The SMILES string of the molecule is COC(=O)c1ccc(N=C2NC(=O)/C(=C/c3ccccc3OCC#N)S2)cc1. The molecule has 0 atom stereocenters. The van der Waals surface area contributed by atoms with Crippen molar-refractivity contribution in [2.24, 2.45) is 4.99 Å². The van der Waals surface area contributed by atoms with Gasteiger partial charge in [0.1, 0.15) is 11.8 Å². The highest BCUT2D eigenvalue weighted by Crippen LogP contribution is 2.30. The number of thioether (sulfide) groups is 1. The first-order valence-corrected chi connectivity index (χ1v) is 8.99. The van der Waals surface area contributed by atoms with E-state index in [0.29, 0.717) is 32.6 Å². The second kappa shape index (κ2) is 8.88. The van der Waals surface area contributed by atoms with Crippen molar-refractivity contribution in [3.8, 4) is 11.8 Å². The molecule has 1 heterocycles. The summed E-state index contributed by atoms with van der Waals surface area (Å²) in [6, 6.07) is 15.6.